The first-order valence-corrected chi connectivity index (χ1v) is 9.66. The lowest BCUT2D eigenvalue weighted by molar-refractivity contribution is 0.0937. The highest BCUT2D eigenvalue weighted by atomic mass is 19.1. The van der Waals surface area contributed by atoms with Gasteiger partial charge in [0.1, 0.15) is 11.5 Å². The minimum absolute atomic E-state index is 0.159. The van der Waals surface area contributed by atoms with Crippen molar-refractivity contribution in [3.8, 4) is 11.3 Å². The molecule has 154 valence electrons. The molecule has 30 heavy (non-hydrogen) atoms. The molecule has 0 saturated carbocycles. The van der Waals surface area contributed by atoms with E-state index in [1.807, 2.05) is 31.5 Å². The topological polar surface area (TPSA) is 85.8 Å². The van der Waals surface area contributed by atoms with Crippen LogP contribution in [0.1, 0.15) is 34.4 Å². The molecule has 1 amide bonds. The molecule has 1 N–H and O–H groups in total. The fourth-order valence-corrected chi connectivity index (χ4v) is 3.52. The van der Waals surface area contributed by atoms with E-state index in [0.29, 0.717) is 34.4 Å². The summed E-state index contributed by atoms with van der Waals surface area (Å²) in [6.07, 6.45) is 0. The number of nitrogens with zero attached hydrogens (tertiary/aromatic N) is 4. The van der Waals surface area contributed by atoms with E-state index in [1.54, 1.807) is 25.1 Å². The molecule has 0 aliphatic carbocycles. The van der Waals surface area contributed by atoms with Crippen molar-refractivity contribution in [2.75, 3.05) is 0 Å². The Morgan fingerprint density at radius 2 is 1.90 bits per heavy atom. The zero-order chi connectivity index (χ0) is 21.4. The van der Waals surface area contributed by atoms with Gasteiger partial charge in [0, 0.05) is 23.0 Å². The highest BCUT2D eigenvalue weighted by Gasteiger charge is 2.22. The van der Waals surface area contributed by atoms with Crippen LogP contribution in [-0.4, -0.2) is 31.9 Å². The van der Waals surface area contributed by atoms with Crippen molar-refractivity contribution < 1.29 is 13.7 Å². The van der Waals surface area contributed by atoms with Crippen molar-refractivity contribution in [3.05, 3.63) is 64.9 Å². The third-order valence-electron chi connectivity index (χ3n) is 4.86. The van der Waals surface area contributed by atoms with Gasteiger partial charge in [-0.25, -0.2) is 9.37 Å². The van der Waals surface area contributed by atoms with Crippen molar-refractivity contribution in [2.45, 2.75) is 40.3 Å². The molecule has 3 aromatic heterocycles. The molecular weight excluding hydrogens is 385 g/mol. The summed E-state index contributed by atoms with van der Waals surface area (Å²) in [5.74, 6) is -0.609. The summed E-state index contributed by atoms with van der Waals surface area (Å²) >= 11 is 0. The maximum absolute atomic E-state index is 13.3. The number of amides is 1. The number of benzene rings is 1. The van der Waals surface area contributed by atoms with E-state index in [9.17, 15) is 9.18 Å². The highest BCUT2D eigenvalue weighted by molar-refractivity contribution is 6.09. The normalized spacial score (nSPS) is 12.3. The molecule has 0 saturated heterocycles. The van der Waals surface area contributed by atoms with Crippen LogP contribution >= 0.6 is 0 Å². The van der Waals surface area contributed by atoms with Gasteiger partial charge in [-0.15, -0.1) is 0 Å². The second-order valence-corrected chi connectivity index (χ2v) is 7.51. The number of fused-ring (bicyclic) bond motifs is 1. The summed E-state index contributed by atoms with van der Waals surface area (Å²) in [6.45, 7) is 8.18. The van der Waals surface area contributed by atoms with E-state index in [0.717, 1.165) is 11.4 Å². The van der Waals surface area contributed by atoms with Crippen LogP contribution in [-0.2, 0) is 6.54 Å². The van der Waals surface area contributed by atoms with Gasteiger partial charge >= 0.3 is 0 Å². The Bertz CT molecular complexity index is 1230. The molecule has 0 bridgehead atoms. The number of halogens is 1. The number of aryl methyl sites for hydroxylation is 3. The second-order valence-electron chi connectivity index (χ2n) is 7.51. The van der Waals surface area contributed by atoms with E-state index in [4.69, 9.17) is 4.52 Å². The van der Waals surface area contributed by atoms with Crippen LogP contribution in [0, 0.1) is 26.6 Å². The monoisotopic (exact) mass is 407 g/mol. The van der Waals surface area contributed by atoms with Gasteiger partial charge in [-0.05, 0) is 64.1 Å². The Morgan fingerprint density at radius 3 is 2.57 bits per heavy atom. The van der Waals surface area contributed by atoms with Crippen molar-refractivity contribution in [3.63, 3.8) is 0 Å². The Balaban J connectivity index is 1.67. The predicted molar refractivity (Wildman–Crippen MR) is 111 cm³/mol. The van der Waals surface area contributed by atoms with E-state index in [1.165, 1.54) is 12.1 Å². The first-order chi connectivity index (χ1) is 14.3. The molecule has 0 radical (unpaired) electrons. The summed E-state index contributed by atoms with van der Waals surface area (Å²) < 4.78 is 20.6. The van der Waals surface area contributed by atoms with Gasteiger partial charge in [0.2, 0.25) is 0 Å². The zero-order valence-corrected chi connectivity index (χ0v) is 17.2. The number of aromatic nitrogens is 4. The second kappa shape index (κ2) is 7.70. The molecule has 0 spiro atoms. The van der Waals surface area contributed by atoms with Gasteiger partial charge in [0.05, 0.1) is 23.2 Å². The number of rotatable bonds is 5. The lowest BCUT2D eigenvalue weighted by atomic mass is 10.0. The summed E-state index contributed by atoms with van der Waals surface area (Å²) in [7, 11) is 0. The summed E-state index contributed by atoms with van der Waals surface area (Å²) in [5.41, 5.74) is 4.39. The SMILES string of the molecule is Cc1cc(C(=O)N[C@H](C)Cn2nc(C)cc2C)c2c(-c3ccc(F)cc3)noc2n1. The van der Waals surface area contributed by atoms with Crippen LogP contribution < -0.4 is 5.32 Å². The van der Waals surface area contributed by atoms with E-state index >= 15 is 0 Å². The van der Waals surface area contributed by atoms with E-state index in [2.05, 4.69) is 20.6 Å². The molecule has 4 rings (SSSR count). The van der Waals surface area contributed by atoms with E-state index < -0.39 is 0 Å². The Morgan fingerprint density at radius 1 is 1.17 bits per heavy atom. The molecule has 0 aliphatic rings. The van der Waals surface area contributed by atoms with Crippen LogP contribution in [0.25, 0.3) is 22.4 Å². The van der Waals surface area contributed by atoms with Gasteiger partial charge in [-0.1, -0.05) is 5.16 Å². The Labute approximate surface area is 172 Å². The lowest BCUT2D eigenvalue weighted by Gasteiger charge is -2.16. The summed E-state index contributed by atoms with van der Waals surface area (Å²) in [6, 6.07) is 9.42. The summed E-state index contributed by atoms with van der Waals surface area (Å²) in [4.78, 5) is 17.5. The number of nitrogens with one attached hydrogen (secondary N) is 1. The van der Waals surface area contributed by atoms with E-state index in [-0.39, 0.29) is 23.5 Å². The van der Waals surface area contributed by atoms with Crippen molar-refractivity contribution in [2.24, 2.45) is 0 Å². The largest absolute Gasteiger partial charge is 0.348 e. The van der Waals surface area contributed by atoms with Crippen molar-refractivity contribution >= 4 is 17.0 Å². The van der Waals surface area contributed by atoms with Crippen LogP contribution in [0.15, 0.2) is 40.9 Å². The van der Waals surface area contributed by atoms with Crippen LogP contribution in [0.4, 0.5) is 4.39 Å². The number of hydrogen-bond acceptors (Lipinski definition) is 5. The highest BCUT2D eigenvalue weighted by Crippen LogP contribution is 2.30. The first-order valence-electron chi connectivity index (χ1n) is 9.66. The minimum Gasteiger partial charge on any atom is -0.348 e. The number of carbonyl (C=O) groups is 1. The number of carbonyl (C=O) groups excluding carboxylic acids is 1. The van der Waals surface area contributed by atoms with Crippen molar-refractivity contribution in [1.82, 2.24) is 25.2 Å². The fourth-order valence-electron chi connectivity index (χ4n) is 3.52. The Hall–Kier alpha value is -3.55. The third-order valence-corrected chi connectivity index (χ3v) is 4.86. The number of pyridine rings is 1. The maximum atomic E-state index is 13.3. The molecule has 0 fully saturated rings. The number of hydrogen-bond donors (Lipinski definition) is 1. The molecule has 0 unspecified atom stereocenters. The minimum atomic E-state index is -0.350. The smallest absolute Gasteiger partial charge is 0.259 e. The Kier molecular flexibility index (Phi) is 5.07. The summed E-state index contributed by atoms with van der Waals surface area (Å²) in [5, 5.41) is 12.1. The van der Waals surface area contributed by atoms with Crippen LogP contribution in [0.3, 0.4) is 0 Å². The molecule has 7 nitrogen and oxygen atoms in total. The first kappa shape index (κ1) is 19.8. The maximum Gasteiger partial charge on any atom is 0.259 e. The van der Waals surface area contributed by atoms with Crippen LogP contribution in [0.5, 0.6) is 0 Å². The average Bonchev–Trinajstić information content (AvgIpc) is 3.24. The van der Waals surface area contributed by atoms with Gasteiger partial charge in [0.25, 0.3) is 11.6 Å². The predicted octanol–water partition coefficient (Wildman–Crippen LogP) is 3.97. The van der Waals surface area contributed by atoms with Gasteiger partial charge < -0.3 is 9.84 Å². The van der Waals surface area contributed by atoms with Gasteiger partial charge in [0.15, 0.2) is 0 Å². The molecular formula is C22H22FN5O2. The third kappa shape index (κ3) is 3.80. The molecule has 3 heterocycles. The lowest BCUT2D eigenvalue weighted by Crippen LogP contribution is -2.36. The standard InChI is InChI=1S/C22H22FN5O2/c1-12-10-18(21(29)24-14(3)11-28-15(4)9-13(2)26-28)19-20(27-30-22(19)25-12)16-5-7-17(23)8-6-16/h5-10,14H,11H2,1-4H3,(H,24,29)/t14-/m1/s1. The molecule has 4 aromatic rings. The zero-order valence-electron chi connectivity index (χ0n) is 17.2. The molecule has 1 atom stereocenters. The fraction of sp³-hybridized carbons (Fsp3) is 0.273. The quantitative estimate of drug-likeness (QED) is 0.541. The van der Waals surface area contributed by atoms with Crippen LogP contribution in [0.2, 0.25) is 0 Å². The van der Waals surface area contributed by atoms with Gasteiger partial charge in [-0.2, -0.15) is 5.10 Å². The van der Waals surface area contributed by atoms with Gasteiger partial charge in [-0.3, -0.25) is 9.48 Å². The molecule has 1 aromatic carbocycles. The average molecular weight is 407 g/mol. The molecule has 8 heteroatoms. The molecule has 0 aliphatic heterocycles. The van der Waals surface area contributed by atoms with Crippen molar-refractivity contribution in [1.29, 1.82) is 0 Å².